The average molecular weight is 447 g/mol. The lowest BCUT2D eigenvalue weighted by Crippen LogP contribution is -2.40. The minimum atomic E-state index is -3.85. The normalized spacial score (nSPS) is 11.6. The molecule has 2 aromatic carbocycles. The third kappa shape index (κ3) is 7.62. The van der Waals surface area contributed by atoms with Crippen LogP contribution in [-0.4, -0.2) is 38.3 Å². The van der Waals surface area contributed by atoms with Crippen molar-refractivity contribution in [3.63, 3.8) is 0 Å². The lowest BCUT2D eigenvalue weighted by molar-refractivity contribution is -0.132. The Kier molecular flexibility index (Phi) is 7.70. The second-order valence-electron chi connectivity index (χ2n) is 8.04. The predicted octanol–water partition coefficient (Wildman–Crippen LogP) is 2.11. The molecule has 0 bridgehead atoms. The summed E-state index contributed by atoms with van der Waals surface area (Å²) in [5, 5.41) is 2.15. The fraction of sp³-hybridized carbons (Fsp3) is 0.318. The molecule has 0 saturated heterocycles. The Labute approximate surface area is 182 Å². The highest BCUT2D eigenvalue weighted by atomic mass is 32.2. The van der Waals surface area contributed by atoms with Crippen LogP contribution in [-0.2, 0) is 30.8 Å². The van der Waals surface area contributed by atoms with E-state index in [-0.39, 0.29) is 16.9 Å². The molecule has 2 N–H and O–H groups in total. The van der Waals surface area contributed by atoms with Gasteiger partial charge in [0.05, 0.1) is 16.9 Å². The summed E-state index contributed by atoms with van der Waals surface area (Å²) < 4.78 is 32.5. The molecule has 31 heavy (non-hydrogen) atoms. The molecule has 8 nitrogen and oxygen atoms in total. The Hall–Kier alpha value is -3.04. The number of sulfonamides is 1. The van der Waals surface area contributed by atoms with Crippen molar-refractivity contribution in [2.24, 2.45) is 0 Å². The molecule has 2 aromatic rings. The van der Waals surface area contributed by atoms with Crippen LogP contribution in [0.25, 0.3) is 0 Å². The highest BCUT2D eigenvalue weighted by Crippen LogP contribution is 2.18. The summed E-state index contributed by atoms with van der Waals surface area (Å²) in [5.74, 6) is -2.16. The van der Waals surface area contributed by atoms with E-state index in [1.807, 2.05) is 6.07 Å². The molecule has 2 rings (SSSR count). The zero-order valence-electron chi connectivity index (χ0n) is 17.9. The monoisotopic (exact) mass is 446 g/mol. The van der Waals surface area contributed by atoms with Crippen molar-refractivity contribution in [1.29, 1.82) is 0 Å². The van der Waals surface area contributed by atoms with Crippen LogP contribution in [0.4, 0.5) is 0 Å². The van der Waals surface area contributed by atoms with E-state index < -0.39 is 40.0 Å². The molecule has 0 aliphatic carbocycles. The summed E-state index contributed by atoms with van der Waals surface area (Å²) in [7, 11) is -3.85. The lowest BCUT2D eigenvalue weighted by atomic mass is 10.1. The van der Waals surface area contributed by atoms with Crippen molar-refractivity contribution in [3.8, 4) is 0 Å². The van der Waals surface area contributed by atoms with Crippen LogP contribution < -0.4 is 10.0 Å². The van der Waals surface area contributed by atoms with Crippen molar-refractivity contribution in [1.82, 2.24) is 10.0 Å². The van der Waals surface area contributed by atoms with Gasteiger partial charge in [0.15, 0.2) is 6.61 Å². The molecular weight excluding hydrogens is 420 g/mol. The molecule has 0 aliphatic rings. The molecule has 2 amide bonds. The van der Waals surface area contributed by atoms with Gasteiger partial charge in [-0.1, -0.05) is 36.4 Å². The summed E-state index contributed by atoms with van der Waals surface area (Å²) in [4.78, 5) is 36.2. The number of benzene rings is 2. The highest BCUT2D eigenvalue weighted by Gasteiger charge is 2.24. The van der Waals surface area contributed by atoms with E-state index in [1.54, 1.807) is 52.0 Å². The average Bonchev–Trinajstić information content (AvgIpc) is 2.65. The Balaban J connectivity index is 2.00. The van der Waals surface area contributed by atoms with Gasteiger partial charge in [0.2, 0.25) is 15.9 Å². The summed E-state index contributed by atoms with van der Waals surface area (Å²) in [5.41, 5.74) is 0.539. The van der Waals surface area contributed by atoms with Crippen molar-refractivity contribution in [2.45, 2.75) is 44.6 Å². The maximum Gasteiger partial charge on any atom is 0.338 e. The Bertz CT molecular complexity index is 1070. The number of ether oxygens (including phenoxy) is 1. The Morgan fingerprint density at radius 3 is 2.23 bits per heavy atom. The van der Waals surface area contributed by atoms with Crippen molar-refractivity contribution >= 4 is 27.8 Å². The number of imide groups is 1. The third-order valence-electron chi connectivity index (χ3n) is 4.00. The van der Waals surface area contributed by atoms with E-state index in [0.29, 0.717) is 5.56 Å². The van der Waals surface area contributed by atoms with E-state index in [9.17, 15) is 22.8 Å². The number of amides is 2. The van der Waals surface area contributed by atoms with Gasteiger partial charge in [0.1, 0.15) is 0 Å². The summed E-state index contributed by atoms with van der Waals surface area (Å²) in [6, 6.07) is 12.9. The molecule has 0 saturated carbocycles. The van der Waals surface area contributed by atoms with Crippen molar-refractivity contribution in [2.75, 3.05) is 6.61 Å². The second-order valence-corrected chi connectivity index (χ2v) is 9.72. The van der Waals surface area contributed by atoms with Gasteiger partial charge in [0, 0.05) is 5.54 Å². The molecule has 166 valence electrons. The first-order chi connectivity index (χ1) is 14.4. The van der Waals surface area contributed by atoms with Crippen LogP contribution in [0.15, 0.2) is 53.4 Å². The van der Waals surface area contributed by atoms with E-state index >= 15 is 0 Å². The summed E-state index contributed by atoms with van der Waals surface area (Å²) in [6.07, 6.45) is 0.0142. The van der Waals surface area contributed by atoms with Gasteiger partial charge in [-0.3, -0.25) is 14.9 Å². The van der Waals surface area contributed by atoms with Gasteiger partial charge in [-0.2, -0.15) is 0 Å². The van der Waals surface area contributed by atoms with Gasteiger partial charge >= 0.3 is 5.97 Å². The maximum absolute atomic E-state index is 12.5. The number of esters is 1. The van der Waals surface area contributed by atoms with Gasteiger partial charge < -0.3 is 4.74 Å². The summed E-state index contributed by atoms with van der Waals surface area (Å²) >= 11 is 0. The smallest absolute Gasteiger partial charge is 0.338 e. The second kappa shape index (κ2) is 9.84. The number of rotatable bonds is 7. The van der Waals surface area contributed by atoms with E-state index in [1.165, 1.54) is 18.2 Å². The molecule has 0 fully saturated rings. The molecule has 0 aromatic heterocycles. The molecular formula is C22H26N2O6S. The summed E-state index contributed by atoms with van der Waals surface area (Å²) in [6.45, 7) is 6.05. The van der Waals surface area contributed by atoms with E-state index in [4.69, 9.17) is 4.74 Å². The SMILES string of the molecule is Cc1ccc(S(=O)(=O)NC(C)(C)C)cc1C(=O)OCC(=O)NC(=O)Cc1ccccc1. The number of nitrogens with one attached hydrogen (secondary N) is 2. The van der Waals surface area contributed by atoms with Crippen LogP contribution in [0.5, 0.6) is 0 Å². The first-order valence-electron chi connectivity index (χ1n) is 9.56. The van der Waals surface area contributed by atoms with Crippen molar-refractivity contribution < 1.29 is 27.5 Å². The number of aryl methyl sites for hydroxylation is 1. The quantitative estimate of drug-likeness (QED) is 0.629. The zero-order valence-corrected chi connectivity index (χ0v) is 18.7. The van der Waals surface area contributed by atoms with E-state index in [0.717, 1.165) is 5.56 Å². The van der Waals surface area contributed by atoms with Crippen LogP contribution >= 0.6 is 0 Å². The molecule has 0 heterocycles. The van der Waals surface area contributed by atoms with Gasteiger partial charge in [-0.05, 0) is 51.0 Å². The van der Waals surface area contributed by atoms with Crippen LogP contribution in [0, 0.1) is 6.92 Å². The zero-order chi connectivity index (χ0) is 23.2. The predicted molar refractivity (Wildman–Crippen MR) is 115 cm³/mol. The van der Waals surface area contributed by atoms with Gasteiger partial charge in [0.25, 0.3) is 5.91 Å². The molecule has 0 aliphatic heterocycles. The highest BCUT2D eigenvalue weighted by molar-refractivity contribution is 7.89. The van der Waals surface area contributed by atoms with Crippen LogP contribution in [0.1, 0.15) is 42.3 Å². The van der Waals surface area contributed by atoms with Gasteiger partial charge in [-0.15, -0.1) is 0 Å². The number of carbonyl (C=O) groups excluding carboxylic acids is 3. The van der Waals surface area contributed by atoms with Gasteiger partial charge in [-0.25, -0.2) is 17.9 Å². The van der Waals surface area contributed by atoms with Crippen molar-refractivity contribution in [3.05, 3.63) is 65.2 Å². The third-order valence-corrected chi connectivity index (χ3v) is 5.76. The van der Waals surface area contributed by atoms with Crippen LogP contribution in [0.3, 0.4) is 0 Å². The topological polar surface area (TPSA) is 119 Å². The Morgan fingerprint density at radius 1 is 0.968 bits per heavy atom. The number of carbonyl (C=O) groups is 3. The molecule has 9 heteroatoms. The van der Waals surface area contributed by atoms with Crippen LogP contribution in [0.2, 0.25) is 0 Å². The minimum absolute atomic E-state index is 0.0141. The largest absolute Gasteiger partial charge is 0.452 e. The first kappa shape index (κ1) is 24.2. The Morgan fingerprint density at radius 2 is 1.61 bits per heavy atom. The maximum atomic E-state index is 12.5. The molecule has 0 spiro atoms. The molecule has 0 atom stereocenters. The fourth-order valence-corrected chi connectivity index (χ4v) is 4.12. The minimum Gasteiger partial charge on any atom is -0.452 e. The molecule has 0 unspecified atom stereocenters. The molecule has 0 radical (unpaired) electrons. The fourth-order valence-electron chi connectivity index (χ4n) is 2.68. The van der Waals surface area contributed by atoms with E-state index in [2.05, 4.69) is 10.0 Å². The standard InChI is InChI=1S/C22H26N2O6S/c1-15-10-11-17(31(28,29)24-22(2,3)4)13-18(15)21(27)30-14-20(26)23-19(25)12-16-8-6-5-7-9-16/h5-11,13,24H,12,14H2,1-4H3,(H,23,25,26). The number of hydrogen-bond acceptors (Lipinski definition) is 6. The lowest BCUT2D eigenvalue weighted by Gasteiger charge is -2.20. The first-order valence-corrected chi connectivity index (χ1v) is 11.0. The number of hydrogen-bond donors (Lipinski definition) is 2.